The summed E-state index contributed by atoms with van der Waals surface area (Å²) < 4.78 is 63.8. The molecule has 0 unspecified atom stereocenters. The number of anilines is 2. The van der Waals surface area contributed by atoms with Gasteiger partial charge >= 0.3 is 6.18 Å². The molecule has 0 bridgehead atoms. The van der Waals surface area contributed by atoms with Crippen molar-refractivity contribution in [3.63, 3.8) is 0 Å². The molecule has 1 fully saturated rings. The number of aryl methyl sites for hydroxylation is 2. The van der Waals surface area contributed by atoms with Crippen LogP contribution in [0.5, 0.6) is 11.5 Å². The van der Waals surface area contributed by atoms with Gasteiger partial charge in [-0.1, -0.05) is 74.2 Å². The minimum atomic E-state index is -4.38. The molecule has 5 N–H and O–H groups in total. The molecule has 78 heavy (non-hydrogen) atoms. The number of nitrogens with two attached hydrogens (primary N) is 1. The molecule has 0 radical (unpaired) electrons. The van der Waals surface area contributed by atoms with Gasteiger partial charge in [-0.25, -0.2) is 9.29 Å². The zero-order valence-electron chi connectivity index (χ0n) is 45.7. The highest BCUT2D eigenvalue weighted by atomic mass is 32.2. The average molecular weight is 1090 g/mol. The van der Waals surface area contributed by atoms with E-state index < -0.39 is 12.7 Å². The summed E-state index contributed by atoms with van der Waals surface area (Å²) in [5.74, 6) is 7.96. The predicted molar refractivity (Wildman–Crippen MR) is 307 cm³/mol. The van der Waals surface area contributed by atoms with Gasteiger partial charge in [-0.2, -0.15) is 13.2 Å². The first-order valence-corrected chi connectivity index (χ1v) is 28.0. The van der Waals surface area contributed by atoms with Crippen LogP contribution in [0.2, 0.25) is 0 Å². The Hall–Kier alpha value is -6.65. The van der Waals surface area contributed by atoms with E-state index in [1.54, 1.807) is 37.5 Å². The largest absolute Gasteiger partial charge is 0.495 e. The standard InChI is InChI=1S/C60H75F3N10O4S/c1-42-58(43(2)77-69-42)47-34-52(64)59-55(35-47)72(41-68-59)38-45-17-15-19-50(32-45)76-39-57(74)66-26-13-11-9-7-6-8-10-12-14-28-71(4)78-51-21-22-53(56(36-51)75-5)65-27-16-18-49-33-46-31-44(37-67-48-24-29-70(3)30-25-48)20-23-54(46)73(49)40-60(61,62)63/h15,17,19-23,31-36,41,48,65,67H,6-14,24-30,37-40,64H2,1-5H3,(H,66,74). The number of halogens is 3. The fourth-order valence-electron chi connectivity index (χ4n) is 10.1. The van der Waals surface area contributed by atoms with Crippen LogP contribution in [0, 0.1) is 25.7 Å². The Labute approximate surface area is 461 Å². The maximum absolute atomic E-state index is 13.7. The number of nitrogens with one attached hydrogen (secondary N) is 3. The third-order valence-electron chi connectivity index (χ3n) is 14.3. The van der Waals surface area contributed by atoms with Crippen molar-refractivity contribution in [2.24, 2.45) is 0 Å². The van der Waals surface area contributed by atoms with Crippen LogP contribution in [0.1, 0.15) is 98.9 Å². The highest BCUT2D eigenvalue weighted by molar-refractivity contribution is 7.97. The zero-order valence-corrected chi connectivity index (χ0v) is 46.6. The minimum Gasteiger partial charge on any atom is -0.495 e. The Morgan fingerprint density at radius 2 is 1.69 bits per heavy atom. The number of hydrogen-bond acceptors (Lipinski definition) is 12. The number of aromatic nitrogens is 4. The van der Waals surface area contributed by atoms with Gasteiger partial charge < -0.3 is 49.7 Å². The number of amides is 1. The van der Waals surface area contributed by atoms with Crippen molar-refractivity contribution in [1.82, 2.24) is 39.1 Å². The quantitative estimate of drug-likeness (QED) is 0.0168. The SMILES string of the molecule is COc1cc(SN(C)CCCCCCCCCCCNC(=O)COc2cccc(Cn3cnc4c(N)cc(-c5c(C)noc5C)cc43)c2)ccc1NCC#Cc1cc2cc(CNC3CCN(C)CC3)ccc2n1CC(F)(F)F. The first kappa shape index (κ1) is 57.5. The lowest BCUT2D eigenvalue weighted by Gasteiger charge is -2.29. The van der Waals surface area contributed by atoms with E-state index in [4.69, 9.17) is 19.7 Å². The van der Waals surface area contributed by atoms with Gasteiger partial charge in [0, 0.05) is 53.6 Å². The molecule has 1 aliphatic rings. The molecule has 8 rings (SSSR count). The minimum absolute atomic E-state index is 0.0435. The molecule has 4 aromatic carbocycles. The number of ether oxygens (including phenoxy) is 2. The normalized spacial score (nSPS) is 13.3. The Morgan fingerprint density at radius 3 is 2.44 bits per heavy atom. The monoisotopic (exact) mass is 1090 g/mol. The summed E-state index contributed by atoms with van der Waals surface area (Å²) in [5.41, 5.74) is 15.0. The molecule has 4 heterocycles. The second kappa shape index (κ2) is 27.8. The molecule has 0 aliphatic carbocycles. The van der Waals surface area contributed by atoms with Crippen molar-refractivity contribution in [2.75, 3.05) is 71.6 Å². The van der Waals surface area contributed by atoms with E-state index in [0.717, 1.165) is 119 Å². The summed E-state index contributed by atoms with van der Waals surface area (Å²) in [6, 6.07) is 25.6. The Bertz CT molecular complexity index is 3130. The molecular weight excluding hydrogens is 1010 g/mol. The number of methoxy groups -OCH3 is 1. The van der Waals surface area contributed by atoms with Gasteiger partial charge in [0.25, 0.3) is 5.91 Å². The number of imidazole rings is 1. The number of carbonyl (C=O) groups excluding carboxylic acids is 1. The van der Waals surface area contributed by atoms with Crippen LogP contribution in [0.4, 0.5) is 24.5 Å². The van der Waals surface area contributed by atoms with Crippen molar-refractivity contribution in [3.05, 3.63) is 113 Å². The van der Waals surface area contributed by atoms with Gasteiger partial charge in [0.2, 0.25) is 0 Å². The van der Waals surface area contributed by atoms with E-state index in [-0.39, 0.29) is 19.1 Å². The van der Waals surface area contributed by atoms with Gasteiger partial charge in [-0.3, -0.25) is 4.79 Å². The van der Waals surface area contributed by atoms with E-state index in [9.17, 15) is 18.0 Å². The molecule has 18 heteroatoms. The Kier molecular flexibility index (Phi) is 20.5. The third-order valence-corrected chi connectivity index (χ3v) is 15.3. The molecule has 1 amide bonds. The van der Waals surface area contributed by atoms with Gasteiger partial charge in [0.05, 0.1) is 48.3 Å². The van der Waals surface area contributed by atoms with E-state index in [2.05, 4.69) is 67.3 Å². The summed E-state index contributed by atoms with van der Waals surface area (Å²) in [6.45, 7) is 7.82. The van der Waals surface area contributed by atoms with Crippen LogP contribution in [0.25, 0.3) is 33.1 Å². The first-order valence-electron chi connectivity index (χ1n) is 27.3. The molecule has 7 aromatic rings. The van der Waals surface area contributed by atoms with Crippen molar-refractivity contribution in [3.8, 4) is 34.5 Å². The van der Waals surface area contributed by atoms with Crippen molar-refractivity contribution < 1.29 is 32.0 Å². The number of fused-ring (bicyclic) bond motifs is 2. The highest BCUT2D eigenvalue weighted by Crippen LogP contribution is 2.34. The van der Waals surface area contributed by atoms with E-state index >= 15 is 0 Å². The van der Waals surface area contributed by atoms with Gasteiger partial charge in [0.1, 0.15) is 29.3 Å². The number of unbranched alkanes of at least 4 members (excludes halogenated alkanes) is 8. The number of nitrogen functional groups attached to an aromatic ring is 1. The number of piperidine rings is 1. The molecule has 0 spiro atoms. The molecule has 416 valence electrons. The summed E-state index contributed by atoms with van der Waals surface area (Å²) in [7, 11) is 5.86. The van der Waals surface area contributed by atoms with Gasteiger partial charge in [-0.05, 0) is 162 Å². The Balaban J connectivity index is 0.669. The number of carbonyl (C=O) groups is 1. The number of rotatable bonds is 27. The molecule has 1 aliphatic heterocycles. The van der Waals surface area contributed by atoms with Crippen LogP contribution < -0.4 is 31.2 Å². The van der Waals surface area contributed by atoms with Crippen LogP contribution in [-0.2, 0) is 24.4 Å². The van der Waals surface area contributed by atoms with E-state index in [1.165, 1.54) is 36.7 Å². The molecule has 0 atom stereocenters. The van der Waals surface area contributed by atoms with Crippen LogP contribution in [-0.4, -0.2) is 107 Å². The molecule has 0 saturated carbocycles. The van der Waals surface area contributed by atoms with Gasteiger partial charge in [0.15, 0.2) is 6.61 Å². The lowest BCUT2D eigenvalue weighted by molar-refractivity contribution is -0.140. The van der Waals surface area contributed by atoms with Crippen molar-refractivity contribution >= 4 is 51.2 Å². The highest BCUT2D eigenvalue weighted by Gasteiger charge is 2.30. The topological polar surface area (TPSA) is 153 Å². The maximum atomic E-state index is 13.7. The number of benzene rings is 4. The number of likely N-dealkylation sites (tertiary alicyclic amines) is 1. The van der Waals surface area contributed by atoms with Crippen LogP contribution in [0.15, 0.2) is 94.6 Å². The molecule has 1 saturated heterocycles. The van der Waals surface area contributed by atoms with Crippen LogP contribution >= 0.6 is 11.9 Å². The number of nitrogens with zero attached hydrogens (tertiary/aromatic N) is 6. The molecule has 14 nitrogen and oxygen atoms in total. The zero-order chi connectivity index (χ0) is 55.0. The fraction of sp³-hybridized carbons (Fsp3) is 0.450. The Morgan fingerprint density at radius 1 is 0.923 bits per heavy atom. The van der Waals surface area contributed by atoms with Gasteiger partial charge in [-0.15, -0.1) is 0 Å². The molecule has 3 aromatic heterocycles. The summed E-state index contributed by atoms with van der Waals surface area (Å²) >= 11 is 1.67. The van der Waals surface area contributed by atoms with Crippen LogP contribution in [0.3, 0.4) is 0 Å². The van der Waals surface area contributed by atoms with E-state index in [1.807, 2.05) is 79.1 Å². The second-order valence-corrected chi connectivity index (χ2v) is 21.8. The second-order valence-electron chi connectivity index (χ2n) is 20.5. The first-order chi connectivity index (χ1) is 37.7. The smallest absolute Gasteiger partial charge is 0.406 e. The summed E-state index contributed by atoms with van der Waals surface area (Å²) in [6.07, 6.45) is 9.85. The number of alkyl halides is 3. The number of hydrogen-bond donors (Lipinski definition) is 4. The predicted octanol–water partition coefficient (Wildman–Crippen LogP) is 11.8. The lowest BCUT2D eigenvalue weighted by atomic mass is 10.0. The van der Waals surface area contributed by atoms with Crippen molar-refractivity contribution in [2.45, 2.75) is 121 Å². The summed E-state index contributed by atoms with van der Waals surface area (Å²) in [5, 5.41) is 14.8. The molecular formula is C60H75F3N10O4S. The average Bonchev–Trinajstić information content (AvgIpc) is 4.11. The van der Waals surface area contributed by atoms with E-state index in [0.29, 0.717) is 54.1 Å². The lowest BCUT2D eigenvalue weighted by Crippen LogP contribution is -2.40. The maximum Gasteiger partial charge on any atom is 0.406 e. The summed E-state index contributed by atoms with van der Waals surface area (Å²) in [4.78, 5) is 20.6. The fourth-order valence-corrected chi connectivity index (χ4v) is 11.0. The third kappa shape index (κ3) is 16.4. The van der Waals surface area contributed by atoms with Crippen molar-refractivity contribution in [1.29, 1.82) is 0 Å².